The van der Waals surface area contributed by atoms with Crippen molar-refractivity contribution in [2.24, 2.45) is 0 Å². The van der Waals surface area contributed by atoms with E-state index in [9.17, 15) is 0 Å². The Kier molecular flexibility index (Phi) is 2.17. The van der Waals surface area contributed by atoms with Crippen LogP contribution in [0.3, 0.4) is 0 Å². The summed E-state index contributed by atoms with van der Waals surface area (Å²) in [7, 11) is 0. The van der Waals surface area contributed by atoms with Crippen LogP contribution in [0.2, 0.25) is 0 Å². The Bertz CT molecular complexity index is 212. The molecule has 0 bridgehead atoms. The molecule has 10 heavy (non-hydrogen) atoms. The van der Waals surface area contributed by atoms with E-state index in [-0.39, 0.29) is 0 Å². The first-order valence-electron chi connectivity index (χ1n) is 3.18. The zero-order valence-corrected chi connectivity index (χ0v) is 6.87. The molecule has 0 aliphatic heterocycles. The summed E-state index contributed by atoms with van der Waals surface area (Å²) in [6.45, 7) is 4.05. The highest BCUT2D eigenvalue weighted by Gasteiger charge is 1.97. The van der Waals surface area contributed by atoms with Crippen LogP contribution in [0.1, 0.15) is 11.1 Å². The van der Waals surface area contributed by atoms with Gasteiger partial charge in [0.05, 0.1) is 5.69 Å². The van der Waals surface area contributed by atoms with Crippen LogP contribution in [-0.4, -0.2) is 0 Å². The summed E-state index contributed by atoms with van der Waals surface area (Å²) in [5, 5.41) is 0. The van der Waals surface area contributed by atoms with E-state index in [0.717, 1.165) is 5.69 Å². The molecule has 0 aliphatic rings. The second kappa shape index (κ2) is 2.93. The molecule has 0 spiro atoms. The Hall–Kier alpha value is -0.690. The predicted octanol–water partition coefficient (Wildman–Crippen LogP) is 2.87. The largest absolute Gasteiger partial charge is 0.298 e. The fourth-order valence-electron chi connectivity index (χ4n) is 0.964. The van der Waals surface area contributed by atoms with Crippen molar-refractivity contribution in [1.82, 2.24) is 0 Å². The van der Waals surface area contributed by atoms with Crippen LogP contribution in [0.15, 0.2) is 18.2 Å². The van der Waals surface area contributed by atoms with E-state index in [0.29, 0.717) is 0 Å². The van der Waals surface area contributed by atoms with Gasteiger partial charge in [-0.05, 0) is 25.0 Å². The van der Waals surface area contributed by atoms with Crippen molar-refractivity contribution in [3.63, 3.8) is 0 Å². The standard InChI is InChI=1S/C8H10ClN/c1-6-4-3-5-7(2)8(6)10-9/h3-5,10H,1-2H3. The monoisotopic (exact) mass is 155 g/mol. The van der Waals surface area contributed by atoms with Crippen molar-refractivity contribution in [3.8, 4) is 0 Å². The summed E-state index contributed by atoms with van der Waals surface area (Å²) in [5.41, 5.74) is 3.37. The van der Waals surface area contributed by atoms with Crippen LogP contribution >= 0.6 is 11.8 Å². The molecule has 0 unspecified atom stereocenters. The molecular weight excluding hydrogens is 146 g/mol. The Morgan fingerprint density at radius 2 is 1.70 bits per heavy atom. The van der Waals surface area contributed by atoms with Gasteiger partial charge in [0.25, 0.3) is 0 Å². The molecule has 0 amide bonds. The number of nitrogens with one attached hydrogen (secondary N) is 1. The van der Waals surface area contributed by atoms with E-state index in [4.69, 9.17) is 11.8 Å². The Balaban J connectivity index is 3.17. The predicted molar refractivity (Wildman–Crippen MR) is 45.4 cm³/mol. The van der Waals surface area contributed by atoms with Crippen LogP contribution in [0.4, 0.5) is 5.69 Å². The summed E-state index contributed by atoms with van der Waals surface area (Å²) in [5.74, 6) is 0. The molecule has 0 fully saturated rings. The second-order valence-electron chi connectivity index (χ2n) is 2.36. The van der Waals surface area contributed by atoms with Crippen LogP contribution in [0.25, 0.3) is 0 Å². The van der Waals surface area contributed by atoms with E-state index in [1.165, 1.54) is 11.1 Å². The SMILES string of the molecule is Cc1cccc(C)c1NCl. The quantitative estimate of drug-likeness (QED) is 0.615. The molecule has 0 saturated carbocycles. The fraction of sp³-hybridized carbons (Fsp3) is 0.250. The minimum Gasteiger partial charge on any atom is -0.298 e. The molecule has 0 heterocycles. The number of aryl methyl sites for hydroxylation is 2. The third kappa shape index (κ3) is 1.24. The molecule has 0 aliphatic carbocycles. The molecular formula is C8H10ClN. The summed E-state index contributed by atoms with van der Waals surface area (Å²) in [6, 6.07) is 6.07. The lowest BCUT2D eigenvalue weighted by Gasteiger charge is -2.05. The van der Waals surface area contributed by atoms with Gasteiger partial charge in [-0.3, -0.25) is 4.84 Å². The number of halogens is 1. The van der Waals surface area contributed by atoms with E-state index in [2.05, 4.69) is 4.84 Å². The van der Waals surface area contributed by atoms with Crippen LogP contribution in [-0.2, 0) is 0 Å². The number of para-hydroxylation sites is 1. The normalized spacial score (nSPS) is 9.50. The summed E-state index contributed by atoms with van der Waals surface area (Å²) in [6.07, 6.45) is 0. The molecule has 0 aromatic heterocycles. The molecule has 1 rings (SSSR count). The van der Waals surface area contributed by atoms with E-state index in [1.807, 2.05) is 32.0 Å². The van der Waals surface area contributed by atoms with Gasteiger partial charge in [-0.25, -0.2) is 0 Å². The molecule has 0 atom stereocenters. The fourth-order valence-corrected chi connectivity index (χ4v) is 1.26. The number of hydrogen-bond acceptors (Lipinski definition) is 1. The van der Waals surface area contributed by atoms with Gasteiger partial charge in [0, 0.05) is 11.8 Å². The van der Waals surface area contributed by atoms with Gasteiger partial charge >= 0.3 is 0 Å². The van der Waals surface area contributed by atoms with Gasteiger partial charge in [-0.2, -0.15) is 0 Å². The van der Waals surface area contributed by atoms with Crippen molar-refractivity contribution in [3.05, 3.63) is 29.3 Å². The van der Waals surface area contributed by atoms with Gasteiger partial charge in [0.15, 0.2) is 0 Å². The average molecular weight is 156 g/mol. The third-order valence-electron chi connectivity index (χ3n) is 1.58. The third-order valence-corrected chi connectivity index (χ3v) is 1.76. The molecule has 1 aromatic carbocycles. The summed E-state index contributed by atoms with van der Waals surface area (Å²) in [4.78, 5) is 2.64. The van der Waals surface area contributed by atoms with Crippen molar-refractivity contribution in [2.45, 2.75) is 13.8 Å². The minimum absolute atomic E-state index is 1.02. The average Bonchev–Trinajstić information content (AvgIpc) is 1.88. The molecule has 54 valence electrons. The molecule has 1 N–H and O–H groups in total. The maximum Gasteiger partial charge on any atom is 0.0550 e. The lowest BCUT2D eigenvalue weighted by atomic mass is 10.1. The first-order chi connectivity index (χ1) is 4.75. The first kappa shape index (κ1) is 7.42. The number of rotatable bonds is 1. The van der Waals surface area contributed by atoms with Crippen molar-refractivity contribution in [1.29, 1.82) is 0 Å². The van der Waals surface area contributed by atoms with Crippen molar-refractivity contribution < 1.29 is 0 Å². The molecule has 1 nitrogen and oxygen atoms in total. The van der Waals surface area contributed by atoms with Crippen LogP contribution < -0.4 is 4.84 Å². The Morgan fingerprint density at radius 3 is 2.00 bits per heavy atom. The van der Waals surface area contributed by atoms with Gasteiger partial charge in [0.1, 0.15) is 0 Å². The molecule has 2 heteroatoms. The lowest BCUT2D eigenvalue weighted by molar-refractivity contribution is 1.39. The van der Waals surface area contributed by atoms with Gasteiger partial charge in [0.2, 0.25) is 0 Å². The van der Waals surface area contributed by atoms with Crippen LogP contribution in [0, 0.1) is 13.8 Å². The van der Waals surface area contributed by atoms with E-state index in [1.54, 1.807) is 0 Å². The highest BCUT2D eigenvalue weighted by molar-refractivity contribution is 6.24. The van der Waals surface area contributed by atoms with Crippen molar-refractivity contribution >= 4 is 17.5 Å². The van der Waals surface area contributed by atoms with Crippen LogP contribution in [0.5, 0.6) is 0 Å². The van der Waals surface area contributed by atoms with Gasteiger partial charge in [-0.15, -0.1) is 0 Å². The highest BCUT2D eigenvalue weighted by atomic mass is 35.5. The molecule has 1 aromatic rings. The maximum absolute atomic E-state index is 5.49. The van der Waals surface area contributed by atoms with Gasteiger partial charge in [-0.1, -0.05) is 18.2 Å². The van der Waals surface area contributed by atoms with Crippen molar-refractivity contribution in [2.75, 3.05) is 4.84 Å². The number of anilines is 1. The first-order valence-corrected chi connectivity index (χ1v) is 3.56. The molecule has 0 saturated heterocycles. The second-order valence-corrected chi connectivity index (χ2v) is 2.55. The summed E-state index contributed by atoms with van der Waals surface area (Å²) >= 11 is 5.49. The minimum atomic E-state index is 1.02. The lowest BCUT2D eigenvalue weighted by Crippen LogP contribution is -1.88. The molecule has 0 radical (unpaired) electrons. The topological polar surface area (TPSA) is 12.0 Å². The number of hydrogen-bond donors (Lipinski definition) is 1. The zero-order valence-electron chi connectivity index (χ0n) is 6.11. The maximum atomic E-state index is 5.49. The Labute approximate surface area is 66.1 Å². The van der Waals surface area contributed by atoms with E-state index < -0.39 is 0 Å². The highest BCUT2D eigenvalue weighted by Crippen LogP contribution is 2.19. The van der Waals surface area contributed by atoms with E-state index >= 15 is 0 Å². The zero-order chi connectivity index (χ0) is 7.56. The Morgan fingerprint density at radius 1 is 1.20 bits per heavy atom. The summed E-state index contributed by atoms with van der Waals surface area (Å²) < 4.78 is 0. The number of benzene rings is 1. The van der Waals surface area contributed by atoms with Gasteiger partial charge < -0.3 is 0 Å². The smallest absolute Gasteiger partial charge is 0.0550 e.